The zero-order valence-corrected chi connectivity index (χ0v) is 10.8. The fourth-order valence-electron chi connectivity index (χ4n) is 2.29. The quantitative estimate of drug-likeness (QED) is 0.890. The van der Waals surface area contributed by atoms with Crippen molar-refractivity contribution in [1.29, 1.82) is 0 Å². The molecule has 90 valence electrons. The van der Waals surface area contributed by atoms with Gasteiger partial charge in [-0.1, -0.05) is 0 Å². The van der Waals surface area contributed by atoms with Crippen LogP contribution in [0.15, 0.2) is 16.8 Å². The molecule has 5 heteroatoms. The summed E-state index contributed by atoms with van der Waals surface area (Å²) in [6, 6.07) is 2.10. The first-order valence-electron chi connectivity index (χ1n) is 5.47. The van der Waals surface area contributed by atoms with E-state index in [1.165, 1.54) is 5.56 Å². The van der Waals surface area contributed by atoms with Gasteiger partial charge in [0, 0.05) is 0 Å². The third-order valence-corrected chi connectivity index (χ3v) is 6.04. The van der Waals surface area contributed by atoms with E-state index >= 15 is 0 Å². The summed E-state index contributed by atoms with van der Waals surface area (Å²) >= 11 is 1.68. The van der Waals surface area contributed by atoms with Gasteiger partial charge in [-0.25, -0.2) is 8.42 Å². The zero-order chi connectivity index (χ0) is 11.6. The number of nitrogens with two attached hydrogens (primary N) is 1. The van der Waals surface area contributed by atoms with Crippen LogP contribution in [0.1, 0.15) is 18.4 Å². The minimum atomic E-state index is -2.83. The lowest BCUT2D eigenvalue weighted by Gasteiger charge is -2.25. The molecule has 0 amide bonds. The highest BCUT2D eigenvalue weighted by Gasteiger charge is 2.40. The van der Waals surface area contributed by atoms with Gasteiger partial charge in [0.15, 0.2) is 9.84 Å². The molecule has 3 nitrogen and oxygen atoms in total. The van der Waals surface area contributed by atoms with Crippen LogP contribution in [-0.2, 0) is 16.3 Å². The Kier molecular flexibility index (Phi) is 3.37. The molecule has 1 atom stereocenters. The maximum absolute atomic E-state index is 11.5. The molecule has 1 aliphatic heterocycles. The van der Waals surface area contributed by atoms with E-state index in [0.717, 1.165) is 19.3 Å². The number of rotatable bonds is 4. The molecule has 1 fully saturated rings. The lowest BCUT2D eigenvalue weighted by atomic mass is 9.82. The molecule has 0 radical (unpaired) electrons. The first kappa shape index (κ1) is 12.1. The van der Waals surface area contributed by atoms with Gasteiger partial charge in [0.1, 0.15) is 0 Å². The Morgan fingerprint density at radius 1 is 1.50 bits per heavy atom. The molecule has 0 spiro atoms. The van der Waals surface area contributed by atoms with Gasteiger partial charge in [0.05, 0.1) is 11.5 Å². The molecular formula is C11H17NO2S2. The van der Waals surface area contributed by atoms with Crippen molar-refractivity contribution < 1.29 is 8.42 Å². The molecule has 1 aromatic rings. The Bertz CT molecular complexity index is 439. The second kappa shape index (κ2) is 4.47. The van der Waals surface area contributed by atoms with E-state index < -0.39 is 9.84 Å². The second-order valence-electron chi connectivity index (χ2n) is 4.68. The molecule has 2 heterocycles. The van der Waals surface area contributed by atoms with Crippen LogP contribution in [-0.4, -0.2) is 26.5 Å². The van der Waals surface area contributed by atoms with Crippen LogP contribution in [0.4, 0.5) is 0 Å². The first-order valence-corrected chi connectivity index (χ1v) is 8.23. The van der Waals surface area contributed by atoms with Gasteiger partial charge in [0.2, 0.25) is 0 Å². The van der Waals surface area contributed by atoms with E-state index in [1.807, 2.05) is 0 Å². The van der Waals surface area contributed by atoms with Crippen LogP contribution in [0.3, 0.4) is 0 Å². The summed E-state index contributed by atoms with van der Waals surface area (Å²) in [5.41, 5.74) is 6.90. The van der Waals surface area contributed by atoms with Crippen LogP contribution < -0.4 is 5.73 Å². The number of aryl methyl sites for hydroxylation is 1. The molecule has 0 bridgehead atoms. The summed E-state index contributed by atoms with van der Waals surface area (Å²) in [5.74, 6) is 0.592. The van der Waals surface area contributed by atoms with Gasteiger partial charge in [-0.15, -0.1) is 0 Å². The summed E-state index contributed by atoms with van der Waals surface area (Å²) in [5, 5.41) is 4.17. The average molecular weight is 259 g/mol. The van der Waals surface area contributed by atoms with E-state index in [-0.39, 0.29) is 11.2 Å². The molecule has 0 aromatic carbocycles. The lowest BCUT2D eigenvalue weighted by Crippen LogP contribution is -2.32. The van der Waals surface area contributed by atoms with Crippen LogP contribution in [0.2, 0.25) is 0 Å². The van der Waals surface area contributed by atoms with Crippen molar-refractivity contribution in [1.82, 2.24) is 0 Å². The van der Waals surface area contributed by atoms with E-state index in [1.54, 1.807) is 11.3 Å². The fraction of sp³-hybridized carbons (Fsp3) is 0.636. The summed E-state index contributed by atoms with van der Waals surface area (Å²) in [6.07, 6.45) is 2.56. The molecule has 16 heavy (non-hydrogen) atoms. The van der Waals surface area contributed by atoms with Gasteiger partial charge < -0.3 is 5.73 Å². The fourth-order valence-corrected chi connectivity index (χ4v) is 5.22. The monoisotopic (exact) mass is 259 g/mol. The Morgan fingerprint density at radius 3 is 2.81 bits per heavy atom. The van der Waals surface area contributed by atoms with Crippen LogP contribution in [0.5, 0.6) is 0 Å². The Hall–Kier alpha value is -0.390. The van der Waals surface area contributed by atoms with Crippen molar-refractivity contribution in [2.75, 3.05) is 18.1 Å². The largest absolute Gasteiger partial charge is 0.330 e. The Balaban J connectivity index is 2.01. The maximum atomic E-state index is 11.5. The SMILES string of the molecule is NCC1(CCc2ccsc2)CCS(=O)(=O)C1. The third kappa shape index (κ3) is 2.64. The Morgan fingerprint density at radius 2 is 2.31 bits per heavy atom. The minimum absolute atomic E-state index is 0.166. The highest BCUT2D eigenvalue weighted by Crippen LogP contribution is 2.35. The van der Waals surface area contributed by atoms with Gasteiger partial charge in [-0.3, -0.25) is 0 Å². The highest BCUT2D eigenvalue weighted by atomic mass is 32.2. The van der Waals surface area contributed by atoms with Crippen molar-refractivity contribution in [3.8, 4) is 0 Å². The molecular weight excluding hydrogens is 242 g/mol. The lowest BCUT2D eigenvalue weighted by molar-refractivity contribution is 0.319. The number of thiophene rings is 1. The third-order valence-electron chi connectivity index (χ3n) is 3.43. The van der Waals surface area contributed by atoms with Gasteiger partial charge in [-0.05, 0) is 53.6 Å². The zero-order valence-electron chi connectivity index (χ0n) is 9.19. The molecule has 1 saturated heterocycles. The second-order valence-corrected chi connectivity index (χ2v) is 7.64. The average Bonchev–Trinajstić information content (AvgIpc) is 2.84. The van der Waals surface area contributed by atoms with E-state index in [2.05, 4.69) is 16.8 Å². The smallest absolute Gasteiger partial charge is 0.150 e. The normalized spacial score (nSPS) is 28.3. The predicted octanol–water partition coefficient (Wildman–Crippen LogP) is 1.44. The van der Waals surface area contributed by atoms with E-state index in [9.17, 15) is 8.42 Å². The van der Waals surface area contributed by atoms with Crippen LogP contribution in [0.25, 0.3) is 0 Å². The van der Waals surface area contributed by atoms with Gasteiger partial charge in [0.25, 0.3) is 0 Å². The van der Waals surface area contributed by atoms with Crippen molar-refractivity contribution in [3.05, 3.63) is 22.4 Å². The molecule has 2 rings (SSSR count). The standard InChI is InChI=1S/C11H17NO2S2/c12-8-11(4-6-16(13,14)9-11)3-1-10-2-5-15-7-10/h2,5,7H,1,3-4,6,8-9,12H2. The predicted molar refractivity (Wildman–Crippen MR) is 67.4 cm³/mol. The van der Waals surface area contributed by atoms with Crippen molar-refractivity contribution in [2.24, 2.45) is 11.1 Å². The molecule has 2 N–H and O–H groups in total. The number of hydrogen-bond donors (Lipinski definition) is 1. The van der Waals surface area contributed by atoms with Crippen molar-refractivity contribution in [3.63, 3.8) is 0 Å². The molecule has 1 aromatic heterocycles. The van der Waals surface area contributed by atoms with E-state index in [4.69, 9.17) is 5.73 Å². The number of hydrogen-bond acceptors (Lipinski definition) is 4. The van der Waals surface area contributed by atoms with E-state index in [0.29, 0.717) is 12.3 Å². The minimum Gasteiger partial charge on any atom is -0.330 e. The molecule has 0 saturated carbocycles. The van der Waals surface area contributed by atoms with Crippen LogP contribution >= 0.6 is 11.3 Å². The molecule has 0 aliphatic carbocycles. The topological polar surface area (TPSA) is 60.2 Å². The summed E-state index contributed by atoms with van der Waals surface area (Å²) in [7, 11) is -2.83. The summed E-state index contributed by atoms with van der Waals surface area (Å²) in [4.78, 5) is 0. The van der Waals surface area contributed by atoms with Crippen molar-refractivity contribution >= 4 is 21.2 Å². The summed E-state index contributed by atoms with van der Waals surface area (Å²) in [6.45, 7) is 0.483. The summed E-state index contributed by atoms with van der Waals surface area (Å²) < 4.78 is 23.0. The first-order chi connectivity index (χ1) is 7.55. The van der Waals surface area contributed by atoms with Crippen molar-refractivity contribution in [2.45, 2.75) is 19.3 Å². The van der Waals surface area contributed by atoms with Crippen LogP contribution in [0, 0.1) is 5.41 Å². The highest BCUT2D eigenvalue weighted by molar-refractivity contribution is 7.91. The Labute approximate surface area is 101 Å². The van der Waals surface area contributed by atoms with Gasteiger partial charge >= 0.3 is 0 Å². The molecule has 1 aliphatic rings. The molecule has 1 unspecified atom stereocenters. The number of sulfone groups is 1. The maximum Gasteiger partial charge on any atom is 0.150 e. The van der Waals surface area contributed by atoms with Gasteiger partial charge in [-0.2, -0.15) is 11.3 Å².